The van der Waals surface area contributed by atoms with Crippen molar-refractivity contribution in [2.24, 2.45) is 5.92 Å². The smallest absolute Gasteiger partial charge is 0.109 e. The molecule has 1 fully saturated rings. The highest BCUT2D eigenvalue weighted by Gasteiger charge is 2.26. The molecule has 0 radical (unpaired) electrons. The van der Waals surface area contributed by atoms with Gasteiger partial charge in [0.1, 0.15) is 5.82 Å². The molecule has 1 aromatic heterocycles. The molecule has 1 aromatic rings. The van der Waals surface area contributed by atoms with Crippen LogP contribution in [0.2, 0.25) is 0 Å². The molecule has 0 aromatic carbocycles. The van der Waals surface area contributed by atoms with Gasteiger partial charge in [0.15, 0.2) is 0 Å². The molecule has 4 heteroatoms. The summed E-state index contributed by atoms with van der Waals surface area (Å²) in [5, 5.41) is 9.34. The van der Waals surface area contributed by atoms with Gasteiger partial charge in [-0.2, -0.15) is 0 Å². The average Bonchev–Trinajstić information content (AvgIpc) is 2.88. The number of nitrogens with zero attached hydrogens (tertiary/aromatic N) is 3. The van der Waals surface area contributed by atoms with Gasteiger partial charge in [0.25, 0.3) is 0 Å². The Labute approximate surface area is 128 Å². The fourth-order valence-corrected chi connectivity index (χ4v) is 3.97. The van der Waals surface area contributed by atoms with Crippen LogP contribution in [0.4, 0.5) is 0 Å². The Morgan fingerprint density at radius 2 is 2.14 bits per heavy atom. The topological polar surface area (TPSA) is 41.3 Å². The zero-order chi connectivity index (χ0) is 14.8. The van der Waals surface area contributed by atoms with Gasteiger partial charge < -0.3 is 9.67 Å². The molecule has 0 spiro atoms. The minimum Gasteiger partial charge on any atom is -0.396 e. The second-order valence-corrected chi connectivity index (χ2v) is 7.07. The summed E-state index contributed by atoms with van der Waals surface area (Å²) in [6, 6.07) is 1.29. The van der Waals surface area contributed by atoms with Gasteiger partial charge in [-0.3, -0.25) is 4.90 Å². The van der Waals surface area contributed by atoms with Gasteiger partial charge in [-0.05, 0) is 45.6 Å². The van der Waals surface area contributed by atoms with Crippen molar-refractivity contribution in [1.29, 1.82) is 0 Å². The van der Waals surface area contributed by atoms with Crippen molar-refractivity contribution in [3.63, 3.8) is 0 Å². The summed E-state index contributed by atoms with van der Waals surface area (Å²) in [5.74, 6) is 1.59. The molecule has 4 nitrogen and oxygen atoms in total. The maximum atomic E-state index is 9.34. The van der Waals surface area contributed by atoms with Crippen molar-refractivity contribution < 1.29 is 5.11 Å². The largest absolute Gasteiger partial charge is 0.396 e. The minimum atomic E-state index is 0.298. The fraction of sp³-hybridized carbons (Fsp3) is 0.824. The Kier molecular flexibility index (Phi) is 4.65. The molecule has 0 amide bonds. The quantitative estimate of drug-likeness (QED) is 0.925. The van der Waals surface area contributed by atoms with Gasteiger partial charge >= 0.3 is 0 Å². The lowest BCUT2D eigenvalue weighted by molar-refractivity contribution is 0.111. The van der Waals surface area contributed by atoms with E-state index >= 15 is 0 Å². The van der Waals surface area contributed by atoms with Crippen LogP contribution in [0.1, 0.15) is 51.0 Å². The molecule has 2 atom stereocenters. The zero-order valence-electron chi connectivity index (χ0n) is 13.5. The molecule has 21 heavy (non-hydrogen) atoms. The zero-order valence-corrected chi connectivity index (χ0v) is 13.5. The van der Waals surface area contributed by atoms with Gasteiger partial charge in [-0.1, -0.05) is 6.42 Å². The van der Waals surface area contributed by atoms with Gasteiger partial charge in [-0.15, -0.1) is 0 Å². The lowest BCUT2D eigenvalue weighted by atomic mass is 9.97. The Hall–Kier alpha value is -0.870. The highest BCUT2D eigenvalue weighted by Crippen LogP contribution is 2.25. The van der Waals surface area contributed by atoms with Gasteiger partial charge in [0, 0.05) is 44.3 Å². The summed E-state index contributed by atoms with van der Waals surface area (Å²) >= 11 is 0. The van der Waals surface area contributed by atoms with Crippen molar-refractivity contribution >= 4 is 0 Å². The molecule has 1 N–H and O–H groups in total. The number of likely N-dealkylation sites (tertiary alicyclic amines) is 1. The Morgan fingerprint density at radius 3 is 2.90 bits per heavy atom. The van der Waals surface area contributed by atoms with Crippen LogP contribution < -0.4 is 0 Å². The monoisotopic (exact) mass is 291 g/mol. The first-order valence-electron chi connectivity index (χ1n) is 8.59. The Balaban J connectivity index is 1.69. The van der Waals surface area contributed by atoms with Crippen LogP contribution in [0, 0.1) is 5.92 Å². The number of aliphatic hydroxyl groups is 1. The summed E-state index contributed by atoms with van der Waals surface area (Å²) in [5.41, 5.74) is 1.25. The van der Waals surface area contributed by atoms with E-state index in [0.717, 1.165) is 25.8 Å². The van der Waals surface area contributed by atoms with Gasteiger partial charge in [0.2, 0.25) is 0 Å². The third-order valence-electron chi connectivity index (χ3n) is 5.20. The molecule has 118 valence electrons. The molecule has 1 saturated heterocycles. The second-order valence-electron chi connectivity index (χ2n) is 7.07. The van der Waals surface area contributed by atoms with E-state index in [-0.39, 0.29) is 0 Å². The van der Waals surface area contributed by atoms with Crippen LogP contribution in [0.5, 0.6) is 0 Å². The number of piperidine rings is 1. The number of hydrogen-bond acceptors (Lipinski definition) is 3. The lowest BCUT2D eigenvalue weighted by Crippen LogP contribution is -2.45. The summed E-state index contributed by atoms with van der Waals surface area (Å²) in [7, 11) is 0. The Bertz CT molecular complexity index is 469. The average molecular weight is 291 g/mol. The summed E-state index contributed by atoms with van der Waals surface area (Å²) in [6.45, 7) is 7.17. The normalized spacial score (nSPS) is 27.0. The van der Waals surface area contributed by atoms with Crippen LogP contribution in [-0.2, 0) is 19.4 Å². The predicted molar refractivity (Wildman–Crippen MR) is 84.3 cm³/mol. The molecular formula is C17H29N3O. The highest BCUT2D eigenvalue weighted by atomic mass is 16.3. The van der Waals surface area contributed by atoms with Crippen LogP contribution in [0.15, 0.2) is 6.20 Å². The fourth-order valence-electron chi connectivity index (χ4n) is 3.97. The van der Waals surface area contributed by atoms with E-state index in [2.05, 4.69) is 29.5 Å². The number of hydrogen-bond donors (Lipinski definition) is 1. The Morgan fingerprint density at radius 1 is 1.29 bits per heavy atom. The maximum Gasteiger partial charge on any atom is 0.109 e. The van der Waals surface area contributed by atoms with Crippen LogP contribution in [-0.4, -0.2) is 44.8 Å². The molecule has 3 heterocycles. The van der Waals surface area contributed by atoms with E-state index in [1.807, 2.05) is 0 Å². The number of fused-ring (bicyclic) bond motifs is 1. The SMILES string of the molecule is CC(C)N1CCCCC1Cc1cn2c(n1)CC(CO)CC2. The maximum absolute atomic E-state index is 9.34. The van der Waals surface area contributed by atoms with Crippen molar-refractivity contribution in [3.8, 4) is 0 Å². The van der Waals surface area contributed by atoms with Crippen molar-refractivity contribution in [2.75, 3.05) is 13.2 Å². The molecule has 2 aliphatic rings. The minimum absolute atomic E-state index is 0.298. The van der Waals surface area contributed by atoms with E-state index in [4.69, 9.17) is 4.98 Å². The first-order valence-corrected chi connectivity index (χ1v) is 8.59. The molecule has 2 unspecified atom stereocenters. The predicted octanol–water partition coefficient (Wildman–Crippen LogP) is 2.24. The lowest BCUT2D eigenvalue weighted by Gasteiger charge is -2.38. The van der Waals surface area contributed by atoms with E-state index < -0.39 is 0 Å². The van der Waals surface area contributed by atoms with Gasteiger partial charge in [-0.25, -0.2) is 4.98 Å². The molecule has 2 aliphatic heterocycles. The van der Waals surface area contributed by atoms with E-state index in [9.17, 15) is 5.11 Å². The van der Waals surface area contributed by atoms with Crippen molar-refractivity contribution in [2.45, 2.75) is 71.0 Å². The summed E-state index contributed by atoms with van der Waals surface area (Å²) in [6.07, 6.45) is 9.37. The van der Waals surface area contributed by atoms with E-state index in [1.165, 1.54) is 37.3 Å². The summed E-state index contributed by atoms with van der Waals surface area (Å²) < 4.78 is 2.31. The number of aliphatic hydroxyl groups excluding tert-OH is 1. The first kappa shape index (κ1) is 15.0. The summed E-state index contributed by atoms with van der Waals surface area (Å²) in [4.78, 5) is 7.51. The number of aromatic nitrogens is 2. The molecular weight excluding hydrogens is 262 g/mol. The highest BCUT2D eigenvalue weighted by molar-refractivity contribution is 5.09. The van der Waals surface area contributed by atoms with Crippen molar-refractivity contribution in [1.82, 2.24) is 14.5 Å². The van der Waals surface area contributed by atoms with Crippen LogP contribution in [0.3, 0.4) is 0 Å². The third kappa shape index (κ3) is 3.32. The molecule has 3 rings (SSSR count). The third-order valence-corrected chi connectivity index (χ3v) is 5.20. The number of aryl methyl sites for hydroxylation is 1. The molecule has 0 bridgehead atoms. The van der Waals surface area contributed by atoms with Gasteiger partial charge in [0.05, 0.1) is 5.69 Å². The van der Waals surface area contributed by atoms with Crippen LogP contribution >= 0.6 is 0 Å². The van der Waals surface area contributed by atoms with Crippen molar-refractivity contribution in [3.05, 3.63) is 17.7 Å². The number of rotatable bonds is 4. The van der Waals surface area contributed by atoms with Crippen LogP contribution in [0.25, 0.3) is 0 Å². The second kappa shape index (κ2) is 6.49. The van der Waals surface area contributed by atoms with E-state index in [1.54, 1.807) is 0 Å². The molecule has 0 saturated carbocycles. The van der Waals surface area contributed by atoms with E-state index in [0.29, 0.717) is 24.6 Å². The molecule has 0 aliphatic carbocycles. The first-order chi connectivity index (χ1) is 10.2. The number of imidazole rings is 1. The standard InChI is InChI=1S/C17H29N3O/c1-13(2)20-7-4-3-5-16(20)10-15-11-19-8-6-14(12-21)9-17(19)18-15/h11,13-14,16,21H,3-10,12H2,1-2H3.